The van der Waals surface area contributed by atoms with E-state index >= 15 is 0 Å². The third kappa shape index (κ3) is 3.09. The number of benzene rings is 1. The first-order valence-electron chi connectivity index (χ1n) is 8.25. The average molecular weight is 366 g/mol. The van der Waals surface area contributed by atoms with Crippen molar-refractivity contribution in [2.75, 3.05) is 32.8 Å². The molecular formula is C17H21N2O3S2+. The first-order valence-corrected chi connectivity index (χ1v) is 10.6. The van der Waals surface area contributed by atoms with Crippen molar-refractivity contribution in [3.8, 4) is 5.75 Å². The fraction of sp³-hybridized carbons (Fsp3) is 0.412. The molecule has 0 spiro atoms. The van der Waals surface area contributed by atoms with Gasteiger partial charge in [-0.15, -0.1) is 11.3 Å². The van der Waals surface area contributed by atoms with Gasteiger partial charge in [-0.3, -0.25) is 0 Å². The molecule has 0 amide bonds. The second kappa shape index (κ2) is 6.48. The molecule has 0 aliphatic carbocycles. The molecule has 1 N–H and O–H groups in total. The first kappa shape index (κ1) is 16.1. The molecule has 1 saturated heterocycles. The number of hydrogen-bond donors (Lipinski definition) is 1. The SMILES string of the molecule is O=S(=O)(c1cccs1)N1CC[NH+](Cc2ccc3c(c2)CCO3)CC1. The van der Waals surface area contributed by atoms with Crippen LogP contribution in [0.2, 0.25) is 0 Å². The zero-order chi connectivity index (χ0) is 16.6. The quantitative estimate of drug-likeness (QED) is 0.871. The number of quaternary nitrogens is 1. The summed E-state index contributed by atoms with van der Waals surface area (Å²) >= 11 is 1.29. The smallest absolute Gasteiger partial charge is 0.252 e. The molecule has 5 nitrogen and oxygen atoms in total. The molecular weight excluding hydrogens is 344 g/mol. The molecule has 2 aliphatic rings. The van der Waals surface area contributed by atoms with E-state index in [-0.39, 0.29) is 0 Å². The summed E-state index contributed by atoms with van der Waals surface area (Å²) in [4.78, 5) is 1.44. The van der Waals surface area contributed by atoms with Gasteiger partial charge in [0.25, 0.3) is 10.0 Å². The van der Waals surface area contributed by atoms with Crippen molar-refractivity contribution in [1.29, 1.82) is 0 Å². The fourth-order valence-corrected chi connectivity index (χ4v) is 5.98. The van der Waals surface area contributed by atoms with Crippen LogP contribution in [0.5, 0.6) is 5.75 Å². The van der Waals surface area contributed by atoms with E-state index in [1.54, 1.807) is 16.4 Å². The minimum Gasteiger partial charge on any atom is -0.493 e. The lowest BCUT2D eigenvalue weighted by molar-refractivity contribution is -0.917. The zero-order valence-corrected chi connectivity index (χ0v) is 15.0. The fourth-order valence-electron chi connectivity index (χ4n) is 3.40. The van der Waals surface area contributed by atoms with Gasteiger partial charge in [0.15, 0.2) is 0 Å². The minimum absolute atomic E-state index is 0.449. The standard InChI is InChI=1S/C17H20N2O3S2/c20-24(21,17-2-1-11-23-17)19-8-6-18(7-9-19)13-14-3-4-16-15(12-14)5-10-22-16/h1-4,11-12H,5-10,13H2/p+1. The third-order valence-electron chi connectivity index (χ3n) is 4.73. The van der Waals surface area contributed by atoms with Crippen LogP contribution in [-0.4, -0.2) is 45.5 Å². The topological polar surface area (TPSA) is 51.0 Å². The summed E-state index contributed by atoms with van der Waals surface area (Å²) in [6, 6.07) is 9.91. The van der Waals surface area contributed by atoms with Crippen molar-refractivity contribution < 1.29 is 18.1 Å². The highest BCUT2D eigenvalue weighted by atomic mass is 32.2. The molecule has 128 valence electrons. The van der Waals surface area contributed by atoms with Gasteiger partial charge < -0.3 is 9.64 Å². The predicted molar refractivity (Wildman–Crippen MR) is 93.1 cm³/mol. The summed E-state index contributed by atoms with van der Waals surface area (Å²) in [6.45, 7) is 4.59. The maximum atomic E-state index is 12.6. The summed E-state index contributed by atoms with van der Waals surface area (Å²) in [6.07, 6.45) is 0.991. The van der Waals surface area contributed by atoms with Gasteiger partial charge in [0, 0.05) is 12.0 Å². The average Bonchev–Trinajstić information content (AvgIpc) is 3.27. The number of piperazine rings is 1. The maximum absolute atomic E-state index is 12.6. The number of ether oxygens (including phenoxy) is 1. The second-order valence-corrected chi connectivity index (χ2v) is 9.42. The van der Waals surface area contributed by atoms with E-state index in [0.29, 0.717) is 17.3 Å². The molecule has 2 aliphatic heterocycles. The van der Waals surface area contributed by atoms with Gasteiger partial charge in [-0.2, -0.15) is 4.31 Å². The lowest BCUT2D eigenvalue weighted by Gasteiger charge is -2.31. The van der Waals surface area contributed by atoms with Crippen molar-refractivity contribution in [3.05, 3.63) is 46.8 Å². The van der Waals surface area contributed by atoms with Gasteiger partial charge in [-0.1, -0.05) is 6.07 Å². The van der Waals surface area contributed by atoms with Crippen LogP contribution < -0.4 is 9.64 Å². The van der Waals surface area contributed by atoms with Gasteiger partial charge >= 0.3 is 0 Å². The third-order valence-corrected chi connectivity index (χ3v) is 8.00. The summed E-state index contributed by atoms with van der Waals surface area (Å²) < 4.78 is 32.7. The molecule has 0 atom stereocenters. The molecule has 0 bridgehead atoms. The molecule has 3 heterocycles. The van der Waals surface area contributed by atoms with Crippen molar-refractivity contribution in [2.45, 2.75) is 17.2 Å². The lowest BCUT2D eigenvalue weighted by Crippen LogP contribution is -3.13. The molecule has 2 aromatic rings. The first-order chi connectivity index (χ1) is 11.6. The van der Waals surface area contributed by atoms with Gasteiger partial charge in [0.2, 0.25) is 0 Å². The van der Waals surface area contributed by atoms with Crippen LogP contribution in [0.3, 0.4) is 0 Å². The van der Waals surface area contributed by atoms with Crippen molar-refractivity contribution in [1.82, 2.24) is 4.31 Å². The Labute approximate surface area is 146 Å². The molecule has 1 aromatic heterocycles. The summed E-state index contributed by atoms with van der Waals surface area (Å²) in [5, 5.41) is 1.81. The number of fused-ring (bicyclic) bond motifs is 1. The number of rotatable bonds is 4. The number of sulfonamides is 1. The number of thiophene rings is 1. The Balaban J connectivity index is 1.38. The largest absolute Gasteiger partial charge is 0.493 e. The molecule has 0 saturated carbocycles. The molecule has 1 fully saturated rings. The van der Waals surface area contributed by atoms with E-state index in [1.807, 2.05) is 5.38 Å². The van der Waals surface area contributed by atoms with E-state index in [9.17, 15) is 8.42 Å². The van der Waals surface area contributed by atoms with Gasteiger partial charge in [0.1, 0.15) is 16.5 Å². The van der Waals surface area contributed by atoms with Crippen molar-refractivity contribution in [2.24, 2.45) is 0 Å². The molecule has 0 unspecified atom stereocenters. The Bertz CT molecular complexity index is 810. The van der Waals surface area contributed by atoms with Crippen LogP contribution in [-0.2, 0) is 23.0 Å². The minimum atomic E-state index is -3.30. The predicted octanol–water partition coefficient (Wildman–Crippen LogP) is 0.772. The Morgan fingerprint density at radius 2 is 2.04 bits per heavy atom. The van der Waals surface area contributed by atoms with E-state index in [2.05, 4.69) is 18.2 Å². The normalized spacial score (nSPS) is 19.2. The van der Waals surface area contributed by atoms with Crippen LogP contribution in [0.1, 0.15) is 11.1 Å². The Morgan fingerprint density at radius 3 is 2.79 bits per heavy atom. The Kier molecular flexibility index (Phi) is 4.34. The number of hydrogen-bond acceptors (Lipinski definition) is 4. The van der Waals surface area contributed by atoms with Crippen LogP contribution in [0.25, 0.3) is 0 Å². The summed E-state index contributed by atoms with van der Waals surface area (Å²) in [5.74, 6) is 1.01. The highest BCUT2D eigenvalue weighted by Crippen LogP contribution is 2.25. The maximum Gasteiger partial charge on any atom is 0.252 e. The zero-order valence-electron chi connectivity index (χ0n) is 13.4. The molecule has 0 radical (unpaired) electrons. The molecule has 4 rings (SSSR count). The number of nitrogens with zero attached hydrogens (tertiary/aromatic N) is 1. The number of nitrogens with one attached hydrogen (secondary N) is 1. The van der Waals surface area contributed by atoms with Crippen LogP contribution in [0, 0.1) is 0 Å². The van der Waals surface area contributed by atoms with E-state index in [0.717, 1.165) is 38.4 Å². The molecule has 7 heteroatoms. The monoisotopic (exact) mass is 365 g/mol. The second-order valence-electron chi connectivity index (χ2n) is 6.30. The lowest BCUT2D eigenvalue weighted by atomic mass is 10.1. The summed E-state index contributed by atoms with van der Waals surface area (Å²) in [5.41, 5.74) is 2.61. The Morgan fingerprint density at radius 1 is 1.21 bits per heavy atom. The van der Waals surface area contributed by atoms with Gasteiger partial charge in [-0.25, -0.2) is 8.42 Å². The van der Waals surface area contributed by atoms with Crippen LogP contribution in [0.4, 0.5) is 0 Å². The van der Waals surface area contributed by atoms with Crippen molar-refractivity contribution in [3.63, 3.8) is 0 Å². The molecule has 1 aromatic carbocycles. The highest BCUT2D eigenvalue weighted by Gasteiger charge is 2.31. The van der Waals surface area contributed by atoms with Crippen LogP contribution >= 0.6 is 11.3 Å². The van der Waals surface area contributed by atoms with Gasteiger partial charge in [-0.05, 0) is 35.2 Å². The van der Waals surface area contributed by atoms with E-state index in [1.165, 1.54) is 27.4 Å². The van der Waals surface area contributed by atoms with E-state index in [4.69, 9.17) is 4.74 Å². The summed E-state index contributed by atoms with van der Waals surface area (Å²) in [7, 11) is -3.30. The van der Waals surface area contributed by atoms with Gasteiger partial charge in [0.05, 0.1) is 32.8 Å². The van der Waals surface area contributed by atoms with Crippen LogP contribution in [0.15, 0.2) is 39.9 Å². The van der Waals surface area contributed by atoms with E-state index < -0.39 is 10.0 Å². The van der Waals surface area contributed by atoms with Crippen molar-refractivity contribution >= 4 is 21.4 Å². The Hall–Kier alpha value is -1.41. The molecule has 24 heavy (non-hydrogen) atoms. The highest BCUT2D eigenvalue weighted by molar-refractivity contribution is 7.91.